The van der Waals surface area contributed by atoms with Crippen LogP contribution in [0, 0.1) is 13.8 Å². The van der Waals surface area contributed by atoms with E-state index in [1.54, 1.807) is 0 Å². The second-order valence-corrected chi connectivity index (χ2v) is 7.27. The molecular formula is C23H23ClN4O2. The van der Waals surface area contributed by atoms with E-state index in [1.165, 1.54) is 6.21 Å². The average Bonchev–Trinajstić information content (AvgIpc) is 3.02. The Kier molecular flexibility index (Phi) is 7.03. The van der Waals surface area contributed by atoms with Gasteiger partial charge in [-0.05, 0) is 56.2 Å². The summed E-state index contributed by atoms with van der Waals surface area (Å²) in [4.78, 5) is 23.8. The Morgan fingerprint density at radius 2 is 1.73 bits per heavy atom. The molecule has 0 fully saturated rings. The topological polar surface area (TPSA) is 75.5 Å². The van der Waals surface area contributed by atoms with Gasteiger partial charge in [0.1, 0.15) is 0 Å². The zero-order valence-electron chi connectivity index (χ0n) is 16.9. The molecule has 0 aliphatic heterocycles. The van der Waals surface area contributed by atoms with Crippen LogP contribution >= 0.6 is 11.6 Å². The molecular weight excluding hydrogens is 400 g/mol. The van der Waals surface area contributed by atoms with E-state index < -0.39 is 11.8 Å². The van der Waals surface area contributed by atoms with Crippen LogP contribution in [-0.2, 0) is 16.0 Å². The summed E-state index contributed by atoms with van der Waals surface area (Å²) < 4.78 is 2.07. The Labute approximate surface area is 180 Å². The predicted molar refractivity (Wildman–Crippen MR) is 119 cm³/mol. The first kappa shape index (κ1) is 21.3. The summed E-state index contributed by atoms with van der Waals surface area (Å²) in [6.45, 7) is 4.32. The lowest BCUT2D eigenvalue weighted by atomic mass is 10.1. The summed E-state index contributed by atoms with van der Waals surface area (Å²) in [5, 5.41) is 7.20. The molecule has 0 saturated carbocycles. The summed E-state index contributed by atoms with van der Waals surface area (Å²) in [5.41, 5.74) is 7.16. The lowest BCUT2D eigenvalue weighted by Crippen LogP contribution is -2.38. The van der Waals surface area contributed by atoms with Gasteiger partial charge in [0.05, 0.1) is 6.21 Å². The number of nitrogens with one attached hydrogen (secondary N) is 2. The number of hydrogen-bond donors (Lipinski definition) is 2. The van der Waals surface area contributed by atoms with Crippen LogP contribution in [-0.4, -0.2) is 29.1 Å². The zero-order chi connectivity index (χ0) is 21.5. The highest BCUT2D eigenvalue weighted by atomic mass is 35.5. The predicted octanol–water partition coefficient (Wildman–Crippen LogP) is 3.56. The third kappa shape index (κ3) is 5.36. The van der Waals surface area contributed by atoms with Crippen molar-refractivity contribution in [2.75, 3.05) is 6.54 Å². The van der Waals surface area contributed by atoms with Crippen LogP contribution in [0.15, 0.2) is 65.8 Å². The number of amides is 2. The molecule has 0 unspecified atom stereocenters. The maximum Gasteiger partial charge on any atom is 0.329 e. The van der Waals surface area contributed by atoms with Gasteiger partial charge in [-0.15, -0.1) is 0 Å². The molecule has 154 valence electrons. The lowest BCUT2D eigenvalue weighted by molar-refractivity contribution is -0.139. The van der Waals surface area contributed by atoms with Gasteiger partial charge < -0.3 is 9.88 Å². The fraction of sp³-hybridized carbons (Fsp3) is 0.174. The summed E-state index contributed by atoms with van der Waals surface area (Å²) in [6, 6.07) is 19.2. The minimum Gasteiger partial charge on any atom is -0.347 e. The number of aromatic nitrogens is 1. The van der Waals surface area contributed by atoms with Crippen LogP contribution < -0.4 is 10.7 Å². The van der Waals surface area contributed by atoms with Gasteiger partial charge in [0, 0.05) is 34.2 Å². The second-order valence-electron chi connectivity index (χ2n) is 6.83. The van der Waals surface area contributed by atoms with E-state index in [1.807, 2.05) is 74.5 Å². The molecule has 3 aromatic rings. The van der Waals surface area contributed by atoms with E-state index in [0.717, 1.165) is 28.2 Å². The molecule has 30 heavy (non-hydrogen) atoms. The van der Waals surface area contributed by atoms with Crippen LogP contribution in [0.3, 0.4) is 0 Å². The standard InChI is InChI=1S/C23H23ClN4O2/c1-16-14-19(17(2)28(16)21-10-8-20(24)9-11-21)15-26-27-23(30)22(29)25-13-12-18-6-4-3-5-7-18/h3-11,14-15H,12-13H2,1-2H3,(H,25,29)(H,27,30)/b26-15-. The van der Waals surface area contributed by atoms with Gasteiger partial charge in [-0.25, -0.2) is 5.43 Å². The first-order valence-corrected chi connectivity index (χ1v) is 9.93. The Morgan fingerprint density at radius 1 is 1.03 bits per heavy atom. The monoisotopic (exact) mass is 422 g/mol. The fourth-order valence-corrected chi connectivity index (χ4v) is 3.29. The zero-order valence-corrected chi connectivity index (χ0v) is 17.6. The Bertz CT molecular complexity index is 1060. The molecule has 7 heteroatoms. The highest BCUT2D eigenvalue weighted by Gasteiger charge is 2.12. The van der Waals surface area contributed by atoms with Crippen molar-refractivity contribution in [2.24, 2.45) is 5.10 Å². The van der Waals surface area contributed by atoms with E-state index in [2.05, 4.69) is 20.4 Å². The van der Waals surface area contributed by atoms with Crippen LogP contribution in [0.2, 0.25) is 5.02 Å². The van der Waals surface area contributed by atoms with E-state index in [9.17, 15) is 9.59 Å². The van der Waals surface area contributed by atoms with E-state index in [0.29, 0.717) is 18.0 Å². The number of benzene rings is 2. The van der Waals surface area contributed by atoms with Crippen LogP contribution in [0.25, 0.3) is 5.69 Å². The molecule has 6 nitrogen and oxygen atoms in total. The van der Waals surface area contributed by atoms with Crippen molar-refractivity contribution in [2.45, 2.75) is 20.3 Å². The van der Waals surface area contributed by atoms with Gasteiger partial charge in [0.15, 0.2) is 0 Å². The van der Waals surface area contributed by atoms with Gasteiger partial charge in [-0.2, -0.15) is 5.10 Å². The third-order valence-corrected chi connectivity index (χ3v) is 4.93. The number of rotatable bonds is 6. The molecule has 3 rings (SSSR count). The molecule has 0 radical (unpaired) electrons. The second kappa shape index (κ2) is 9.89. The molecule has 0 atom stereocenters. The molecule has 0 bridgehead atoms. The number of halogens is 1. The maximum absolute atomic E-state index is 11.9. The van der Waals surface area contributed by atoms with E-state index in [-0.39, 0.29) is 0 Å². The van der Waals surface area contributed by atoms with E-state index in [4.69, 9.17) is 11.6 Å². The third-order valence-electron chi connectivity index (χ3n) is 4.67. The molecule has 0 aliphatic carbocycles. The molecule has 1 heterocycles. The minimum atomic E-state index is -0.800. The fourth-order valence-electron chi connectivity index (χ4n) is 3.16. The van der Waals surface area contributed by atoms with Crippen molar-refractivity contribution < 1.29 is 9.59 Å². The first-order valence-electron chi connectivity index (χ1n) is 9.56. The number of carbonyl (C=O) groups is 2. The normalized spacial score (nSPS) is 10.9. The lowest BCUT2D eigenvalue weighted by Gasteiger charge is -2.09. The number of nitrogens with zero attached hydrogens (tertiary/aromatic N) is 2. The van der Waals surface area contributed by atoms with Gasteiger partial charge >= 0.3 is 11.8 Å². The molecule has 0 saturated heterocycles. The molecule has 1 aromatic heterocycles. The van der Waals surface area contributed by atoms with Crippen LogP contribution in [0.4, 0.5) is 0 Å². The number of aryl methyl sites for hydroxylation is 1. The summed E-state index contributed by atoms with van der Waals surface area (Å²) in [5.74, 6) is -1.51. The average molecular weight is 423 g/mol. The smallest absolute Gasteiger partial charge is 0.329 e. The number of hydrogen-bond acceptors (Lipinski definition) is 3. The van der Waals surface area contributed by atoms with Gasteiger partial charge in [0.2, 0.25) is 0 Å². The summed E-state index contributed by atoms with van der Waals surface area (Å²) in [6.07, 6.45) is 2.18. The Balaban J connectivity index is 1.55. The van der Waals surface area contributed by atoms with Crippen molar-refractivity contribution >= 4 is 29.6 Å². The Morgan fingerprint density at radius 3 is 2.43 bits per heavy atom. The SMILES string of the molecule is Cc1cc(/C=N\NC(=O)C(=O)NCCc2ccccc2)c(C)n1-c1ccc(Cl)cc1. The van der Waals surface area contributed by atoms with Crippen LogP contribution in [0.1, 0.15) is 22.5 Å². The van der Waals surface area contributed by atoms with Crippen molar-refractivity contribution in [3.05, 3.63) is 88.2 Å². The van der Waals surface area contributed by atoms with Gasteiger partial charge in [0.25, 0.3) is 0 Å². The number of hydrazone groups is 1. The highest BCUT2D eigenvalue weighted by molar-refractivity contribution is 6.35. The van der Waals surface area contributed by atoms with Gasteiger partial charge in [-0.1, -0.05) is 41.9 Å². The molecule has 2 amide bonds. The van der Waals surface area contributed by atoms with E-state index >= 15 is 0 Å². The molecule has 0 spiro atoms. The molecule has 0 aliphatic rings. The quantitative estimate of drug-likeness (QED) is 0.362. The van der Waals surface area contributed by atoms with Crippen molar-refractivity contribution in [3.8, 4) is 5.69 Å². The summed E-state index contributed by atoms with van der Waals surface area (Å²) in [7, 11) is 0. The molecule has 2 N–H and O–H groups in total. The Hall–Kier alpha value is -3.38. The summed E-state index contributed by atoms with van der Waals surface area (Å²) >= 11 is 5.97. The maximum atomic E-state index is 11.9. The van der Waals surface area contributed by atoms with Crippen molar-refractivity contribution in [1.29, 1.82) is 0 Å². The highest BCUT2D eigenvalue weighted by Crippen LogP contribution is 2.21. The first-order chi connectivity index (χ1) is 14.5. The number of carbonyl (C=O) groups excluding carboxylic acids is 2. The van der Waals surface area contributed by atoms with Crippen molar-refractivity contribution in [3.63, 3.8) is 0 Å². The van der Waals surface area contributed by atoms with Gasteiger partial charge in [-0.3, -0.25) is 9.59 Å². The molecule has 2 aromatic carbocycles. The minimum absolute atomic E-state index is 0.377. The van der Waals surface area contributed by atoms with Crippen molar-refractivity contribution in [1.82, 2.24) is 15.3 Å². The largest absolute Gasteiger partial charge is 0.347 e. The van der Waals surface area contributed by atoms with Crippen LogP contribution in [0.5, 0.6) is 0 Å².